The minimum Gasteiger partial charge on any atom is -0.508 e. The van der Waals surface area contributed by atoms with E-state index in [4.69, 9.17) is 5.73 Å². The number of nitrogens with zero attached hydrogens (tertiary/aromatic N) is 1. The van der Waals surface area contributed by atoms with Gasteiger partial charge >= 0.3 is 0 Å². The van der Waals surface area contributed by atoms with Gasteiger partial charge in [0.25, 0.3) is 5.91 Å². The molecule has 3 aromatic rings. The Labute approximate surface area is 236 Å². The Morgan fingerprint density at radius 1 is 1.12 bits per heavy atom. The maximum Gasteiger partial charge on any atom is 0.255 e. The SMILES string of the molecule is C[C@H]1c2ccc(Nc3ncc(-c4ccccc4)s3)c(O)c2C(O)=C2C(=O)[C@]3(O)C(O)=C(C(N)=O)C(=O)C[C@@H]3[C@@H](O)[C@@H]21. The summed E-state index contributed by atoms with van der Waals surface area (Å²) in [5.41, 5.74) is 2.43. The Kier molecular flexibility index (Phi) is 6.03. The highest BCUT2D eigenvalue weighted by atomic mass is 32.1. The van der Waals surface area contributed by atoms with Crippen LogP contribution in [0.25, 0.3) is 16.2 Å². The van der Waals surface area contributed by atoms with Gasteiger partial charge in [-0.2, -0.15) is 0 Å². The van der Waals surface area contributed by atoms with Crippen LogP contribution < -0.4 is 11.1 Å². The fraction of sp³-hybridized carbons (Fsp3) is 0.241. The quantitative estimate of drug-likeness (QED) is 0.179. The molecule has 41 heavy (non-hydrogen) atoms. The number of aliphatic hydroxyl groups is 4. The van der Waals surface area contributed by atoms with Crippen LogP contribution in [0.15, 0.2) is 65.6 Å². The number of nitrogens with one attached hydrogen (secondary N) is 1. The van der Waals surface area contributed by atoms with Crippen molar-refractivity contribution < 1.29 is 39.9 Å². The molecule has 6 rings (SSSR count). The Balaban J connectivity index is 1.44. The van der Waals surface area contributed by atoms with Gasteiger partial charge in [0.15, 0.2) is 16.5 Å². The molecule has 1 amide bonds. The summed E-state index contributed by atoms with van der Waals surface area (Å²) in [4.78, 5) is 43.4. The number of phenols is 1. The number of aromatic nitrogens is 1. The largest absolute Gasteiger partial charge is 0.508 e. The number of hydrogen-bond donors (Lipinski definition) is 7. The molecule has 210 valence electrons. The number of Topliss-reactive ketones (excluding diaryl/α,β-unsaturated/α-hetero) is 2. The van der Waals surface area contributed by atoms with E-state index in [1.807, 2.05) is 30.3 Å². The van der Waals surface area contributed by atoms with Gasteiger partial charge in [0.2, 0.25) is 5.78 Å². The van der Waals surface area contributed by atoms with E-state index in [9.17, 15) is 39.9 Å². The molecule has 1 heterocycles. The second-order valence-electron chi connectivity index (χ2n) is 10.4. The number of aromatic hydroxyl groups is 1. The van der Waals surface area contributed by atoms with E-state index in [0.29, 0.717) is 10.7 Å². The van der Waals surface area contributed by atoms with Gasteiger partial charge in [-0.05, 0) is 23.1 Å². The number of carbonyl (C=O) groups excluding carboxylic acids is 3. The van der Waals surface area contributed by atoms with Gasteiger partial charge in [-0.15, -0.1) is 0 Å². The van der Waals surface area contributed by atoms with Crippen molar-refractivity contribution in [1.82, 2.24) is 4.98 Å². The maximum absolute atomic E-state index is 13.8. The lowest BCUT2D eigenvalue weighted by atomic mass is 9.55. The molecule has 11 nitrogen and oxygen atoms in total. The van der Waals surface area contributed by atoms with Crippen molar-refractivity contribution in [3.8, 4) is 16.2 Å². The second-order valence-corrected chi connectivity index (χ2v) is 11.5. The van der Waals surface area contributed by atoms with E-state index in [1.165, 1.54) is 11.3 Å². The number of ketones is 2. The number of nitrogens with two attached hydrogens (primary N) is 1. The first-order chi connectivity index (χ1) is 19.5. The monoisotopic (exact) mass is 575 g/mol. The van der Waals surface area contributed by atoms with Crippen molar-refractivity contribution in [2.45, 2.75) is 31.0 Å². The number of phenolic OH excluding ortho intramolecular Hbond substituents is 1. The molecular weight excluding hydrogens is 550 g/mol. The van der Waals surface area contributed by atoms with Crippen molar-refractivity contribution >= 4 is 45.4 Å². The van der Waals surface area contributed by atoms with Crippen LogP contribution in [0, 0.1) is 11.8 Å². The van der Waals surface area contributed by atoms with Crippen molar-refractivity contribution in [1.29, 1.82) is 0 Å². The number of amides is 1. The number of fused-ring (bicyclic) bond motifs is 3. The summed E-state index contributed by atoms with van der Waals surface area (Å²) < 4.78 is 0. The van der Waals surface area contributed by atoms with Crippen LogP contribution in [0.3, 0.4) is 0 Å². The molecule has 8 N–H and O–H groups in total. The van der Waals surface area contributed by atoms with Crippen LogP contribution in [-0.4, -0.2) is 59.7 Å². The molecule has 1 saturated carbocycles. The normalized spacial score (nSPS) is 27.3. The third kappa shape index (κ3) is 3.71. The molecule has 0 radical (unpaired) electrons. The summed E-state index contributed by atoms with van der Waals surface area (Å²) in [6.45, 7) is 1.67. The number of carbonyl (C=O) groups is 3. The van der Waals surface area contributed by atoms with Crippen molar-refractivity contribution in [3.63, 3.8) is 0 Å². The fourth-order valence-corrected chi connectivity index (χ4v) is 7.12. The highest BCUT2D eigenvalue weighted by Crippen LogP contribution is 2.56. The van der Waals surface area contributed by atoms with Gasteiger partial charge in [-0.3, -0.25) is 14.4 Å². The average Bonchev–Trinajstić information content (AvgIpc) is 3.41. The van der Waals surface area contributed by atoms with Crippen LogP contribution in [0.1, 0.15) is 30.4 Å². The third-order valence-corrected chi connectivity index (χ3v) is 9.27. The highest BCUT2D eigenvalue weighted by molar-refractivity contribution is 7.18. The molecule has 0 bridgehead atoms. The van der Waals surface area contributed by atoms with E-state index < -0.39 is 81.8 Å². The molecule has 1 aromatic heterocycles. The predicted octanol–water partition coefficient (Wildman–Crippen LogP) is 2.82. The number of primary amides is 1. The zero-order chi connectivity index (χ0) is 29.4. The fourth-order valence-electron chi connectivity index (χ4n) is 6.28. The lowest BCUT2D eigenvalue weighted by Crippen LogP contribution is -2.63. The first-order valence-electron chi connectivity index (χ1n) is 12.8. The number of hydrogen-bond acceptors (Lipinski definition) is 11. The van der Waals surface area contributed by atoms with E-state index in [-0.39, 0.29) is 11.3 Å². The van der Waals surface area contributed by atoms with Gasteiger partial charge < -0.3 is 36.6 Å². The lowest BCUT2D eigenvalue weighted by molar-refractivity contribution is -0.160. The Morgan fingerprint density at radius 2 is 1.83 bits per heavy atom. The first-order valence-corrected chi connectivity index (χ1v) is 13.6. The molecule has 3 aliphatic carbocycles. The number of anilines is 2. The van der Waals surface area contributed by atoms with E-state index in [2.05, 4.69) is 10.3 Å². The van der Waals surface area contributed by atoms with E-state index in [0.717, 1.165) is 10.4 Å². The Hall–Kier alpha value is -4.52. The molecule has 0 unspecified atom stereocenters. The lowest BCUT2D eigenvalue weighted by Gasteiger charge is -2.50. The van der Waals surface area contributed by atoms with Crippen LogP contribution in [-0.2, 0) is 14.4 Å². The summed E-state index contributed by atoms with van der Waals surface area (Å²) in [6, 6.07) is 12.8. The van der Waals surface area contributed by atoms with E-state index in [1.54, 1.807) is 25.3 Å². The smallest absolute Gasteiger partial charge is 0.255 e. The molecule has 2 aromatic carbocycles. The third-order valence-electron chi connectivity index (χ3n) is 8.31. The van der Waals surface area contributed by atoms with Crippen LogP contribution in [0.4, 0.5) is 10.8 Å². The standard InChI is InChI=1S/C29H25N3O8S/c1-11-13-7-8-15(32-28-31-10-17(41-28)12-5-3-2-4-6-12)23(35)19(13)24(36)21-18(11)22(34)14-9-16(33)20(27(30)39)25(37)29(14,40)26(21)38/h2-8,10-11,14,18,22,34-37,40H,9H2,1H3,(H2,30,39)(H,31,32)/t11-,14+,18+,22+,29+/m0/s1. The number of benzene rings is 2. The molecule has 3 aliphatic rings. The molecule has 0 saturated heterocycles. The summed E-state index contributed by atoms with van der Waals surface area (Å²) in [7, 11) is 0. The molecule has 5 atom stereocenters. The zero-order valence-corrected chi connectivity index (χ0v) is 22.3. The van der Waals surface area contributed by atoms with Crippen LogP contribution in [0.5, 0.6) is 5.75 Å². The maximum atomic E-state index is 13.8. The van der Waals surface area contributed by atoms with Gasteiger partial charge in [0.1, 0.15) is 22.8 Å². The summed E-state index contributed by atoms with van der Waals surface area (Å²) in [6.07, 6.45) is -0.522. The highest BCUT2D eigenvalue weighted by Gasteiger charge is 2.64. The minimum absolute atomic E-state index is 0.0957. The van der Waals surface area contributed by atoms with Crippen molar-refractivity contribution in [2.75, 3.05) is 5.32 Å². The summed E-state index contributed by atoms with van der Waals surface area (Å²) in [5, 5.41) is 59.6. The summed E-state index contributed by atoms with van der Waals surface area (Å²) >= 11 is 1.34. The first kappa shape index (κ1) is 26.7. The molecular formula is C29H25N3O8S. The van der Waals surface area contributed by atoms with Gasteiger partial charge in [-0.1, -0.05) is 54.7 Å². The topological polar surface area (TPSA) is 203 Å². The van der Waals surface area contributed by atoms with Gasteiger partial charge in [-0.25, -0.2) is 4.98 Å². The molecule has 12 heteroatoms. The number of thiazole rings is 1. The number of aliphatic hydroxyl groups excluding tert-OH is 3. The van der Waals surface area contributed by atoms with Gasteiger partial charge in [0.05, 0.1) is 22.2 Å². The molecule has 0 aliphatic heterocycles. The van der Waals surface area contributed by atoms with Gasteiger partial charge in [0, 0.05) is 30.0 Å². The Bertz CT molecular complexity index is 1710. The average molecular weight is 576 g/mol. The molecule has 1 fully saturated rings. The van der Waals surface area contributed by atoms with E-state index >= 15 is 0 Å². The molecule has 0 spiro atoms. The van der Waals surface area contributed by atoms with Crippen LogP contribution >= 0.6 is 11.3 Å². The van der Waals surface area contributed by atoms with Crippen molar-refractivity contribution in [2.24, 2.45) is 17.6 Å². The number of rotatable bonds is 4. The Morgan fingerprint density at radius 3 is 2.51 bits per heavy atom. The van der Waals surface area contributed by atoms with Crippen molar-refractivity contribution in [3.05, 3.63) is 76.7 Å². The second kappa shape index (κ2) is 9.26. The minimum atomic E-state index is -2.88. The van der Waals surface area contributed by atoms with Crippen LogP contribution in [0.2, 0.25) is 0 Å². The summed E-state index contributed by atoms with van der Waals surface area (Å²) in [5.74, 6) is -9.04. The zero-order valence-electron chi connectivity index (χ0n) is 21.5. The predicted molar refractivity (Wildman–Crippen MR) is 148 cm³/mol.